The van der Waals surface area contributed by atoms with Crippen LogP contribution in [0.1, 0.15) is 11.1 Å². The van der Waals surface area contributed by atoms with Gasteiger partial charge in [-0.25, -0.2) is 4.98 Å². The lowest BCUT2D eigenvalue weighted by Gasteiger charge is -2.08. The Morgan fingerprint density at radius 2 is 1.57 bits per heavy atom. The van der Waals surface area contributed by atoms with Crippen LogP contribution >= 0.6 is 0 Å². The standard InChI is InChI=1S/C22H18F3N3/c1-28-20-12-11-18(22(23,24)25)13-19(20)27-21(28)26-14-15-7-9-17(10-8-15)16-5-3-2-4-6-16/h2-13H,14H2,1H3,(H,26,27). The lowest BCUT2D eigenvalue weighted by atomic mass is 10.0. The number of halogens is 3. The van der Waals surface area contributed by atoms with E-state index < -0.39 is 11.7 Å². The topological polar surface area (TPSA) is 29.9 Å². The van der Waals surface area contributed by atoms with Crippen LogP contribution in [-0.4, -0.2) is 9.55 Å². The van der Waals surface area contributed by atoms with E-state index in [1.54, 1.807) is 11.6 Å². The highest BCUT2D eigenvalue weighted by molar-refractivity contribution is 5.79. The second kappa shape index (κ2) is 7.03. The molecule has 3 nitrogen and oxygen atoms in total. The Balaban J connectivity index is 1.51. The second-order valence-electron chi connectivity index (χ2n) is 6.61. The summed E-state index contributed by atoms with van der Waals surface area (Å²) in [7, 11) is 1.78. The number of aromatic nitrogens is 2. The van der Waals surface area contributed by atoms with Gasteiger partial charge in [0.1, 0.15) is 0 Å². The van der Waals surface area contributed by atoms with Crippen LogP contribution in [0, 0.1) is 0 Å². The molecule has 1 aromatic heterocycles. The monoisotopic (exact) mass is 381 g/mol. The van der Waals surface area contributed by atoms with Crippen LogP contribution in [-0.2, 0) is 19.8 Å². The molecule has 0 bridgehead atoms. The van der Waals surface area contributed by atoms with Crippen LogP contribution in [0.5, 0.6) is 0 Å². The molecule has 1 N–H and O–H groups in total. The summed E-state index contributed by atoms with van der Waals surface area (Å²) in [5.74, 6) is 0.529. The molecule has 0 aliphatic carbocycles. The van der Waals surface area contributed by atoms with Gasteiger partial charge in [-0.2, -0.15) is 13.2 Å². The van der Waals surface area contributed by atoms with Crippen LogP contribution in [0.25, 0.3) is 22.2 Å². The maximum absolute atomic E-state index is 12.9. The molecule has 0 fully saturated rings. The number of fused-ring (bicyclic) bond motifs is 1. The Morgan fingerprint density at radius 3 is 2.25 bits per heavy atom. The highest BCUT2D eigenvalue weighted by Crippen LogP contribution is 2.32. The van der Waals surface area contributed by atoms with Gasteiger partial charge in [-0.15, -0.1) is 0 Å². The van der Waals surface area contributed by atoms with E-state index in [0.29, 0.717) is 23.5 Å². The van der Waals surface area contributed by atoms with Gasteiger partial charge in [0.25, 0.3) is 0 Å². The van der Waals surface area contributed by atoms with Gasteiger partial charge in [-0.3, -0.25) is 0 Å². The van der Waals surface area contributed by atoms with Crippen molar-refractivity contribution in [1.29, 1.82) is 0 Å². The van der Waals surface area contributed by atoms with Gasteiger partial charge in [0.15, 0.2) is 0 Å². The number of nitrogens with one attached hydrogen (secondary N) is 1. The van der Waals surface area contributed by atoms with Gasteiger partial charge in [-0.1, -0.05) is 54.6 Å². The van der Waals surface area contributed by atoms with Crippen molar-refractivity contribution in [2.75, 3.05) is 5.32 Å². The molecule has 3 aromatic carbocycles. The maximum Gasteiger partial charge on any atom is 0.416 e. The fraction of sp³-hybridized carbons (Fsp3) is 0.136. The molecule has 0 saturated carbocycles. The number of rotatable bonds is 4. The summed E-state index contributed by atoms with van der Waals surface area (Å²) < 4.78 is 40.5. The average Bonchev–Trinajstić information content (AvgIpc) is 3.02. The first-order chi connectivity index (χ1) is 13.4. The number of benzene rings is 3. The normalized spacial score (nSPS) is 11.7. The molecule has 0 unspecified atom stereocenters. The number of hydrogen-bond acceptors (Lipinski definition) is 2. The Bertz CT molecular complexity index is 1100. The summed E-state index contributed by atoms with van der Waals surface area (Å²) in [5.41, 5.74) is 3.61. The zero-order valence-corrected chi connectivity index (χ0v) is 15.2. The first kappa shape index (κ1) is 18.1. The Kier molecular flexibility index (Phi) is 4.55. The number of nitrogens with zero attached hydrogens (tertiary/aromatic N) is 2. The first-order valence-corrected chi connectivity index (χ1v) is 8.84. The summed E-state index contributed by atoms with van der Waals surface area (Å²) in [6.45, 7) is 0.526. The summed E-state index contributed by atoms with van der Waals surface area (Å²) in [4.78, 5) is 4.32. The Hall–Kier alpha value is -3.28. The van der Waals surface area contributed by atoms with Gasteiger partial charge in [0.2, 0.25) is 5.95 Å². The molecular weight excluding hydrogens is 363 g/mol. The van der Waals surface area contributed by atoms with Crippen molar-refractivity contribution in [3.63, 3.8) is 0 Å². The van der Waals surface area contributed by atoms with E-state index in [1.807, 2.05) is 30.3 Å². The van der Waals surface area contributed by atoms with E-state index in [2.05, 4.69) is 34.6 Å². The molecular formula is C22H18F3N3. The minimum absolute atomic E-state index is 0.319. The van der Waals surface area contributed by atoms with Crippen LogP contribution in [0.15, 0.2) is 72.8 Å². The quantitative estimate of drug-likeness (QED) is 0.479. The van der Waals surface area contributed by atoms with Crippen molar-refractivity contribution in [3.05, 3.63) is 83.9 Å². The summed E-state index contributed by atoms with van der Waals surface area (Å²) >= 11 is 0. The fourth-order valence-electron chi connectivity index (χ4n) is 3.16. The Labute approximate surface area is 160 Å². The van der Waals surface area contributed by atoms with Crippen molar-refractivity contribution in [1.82, 2.24) is 9.55 Å². The van der Waals surface area contributed by atoms with Gasteiger partial charge in [0.05, 0.1) is 16.6 Å². The number of aryl methyl sites for hydroxylation is 1. The molecule has 6 heteroatoms. The lowest BCUT2D eigenvalue weighted by molar-refractivity contribution is -0.137. The van der Waals surface area contributed by atoms with Crippen LogP contribution in [0.2, 0.25) is 0 Å². The van der Waals surface area contributed by atoms with Crippen LogP contribution in [0.3, 0.4) is 0 Å². The van der Waals surface area contributed by atoms with Crippen molar-refractivity contribution in [3.8, 4) is 11.1 Å². The largest absolute Gasteiger partial charge is 0.416 e. The van der Waals surface area contributed by atoms with Gasteiger partial charge in [0, 0.05) is 13.6 Å². The molecule has 4 aromatic rings. The lowest BCUT2D eigenvalue weighted by Crippen LogP contribution is -2.05. The first-order valence-electron chi connectivity index (χ1n) is 8.84. The summed E-state index contributed by atoms with van der Waals surface area (Å²) in [5, 5.41) is 3.21. The summed E-state index contributed by atoms with van der Waals surface area (Å²) in [6.07, 6.45) is -4.38. The minimum atomic E-state index is -4.38. The average molecular weight is 381 g/mol. The minimum Gasteiger partial charge on any atom is -0.352 e. The van der Waals surface area contributed by atoms with E-state index >= 15 is 0 Å². The maximum atomic E-state index is 12.9. The van der Waals surface area contributed by atoms with Gasteiger partial charge in [-0.05, 0) is 34.9 Å². The van der Waals surface area contributed by atoms with Gasteiger partial charge < -0.3 is 9.88 Å². The van der Waals surface area contributed by atoms with Crippen molar-refractivity contribution in [2.45, 2.75) is 12.7 Å². The molecule has 0 atom stereocenters. The third-order valence-electron chi connectivity index (χ3n) is 4.72. The van der Waals surface area contributed by atoms with E-state index in [4.69, 9.17) is 0 Å². The molecule has 4 rings (SSSR count). The SMILES string of the molecule is Cn1c(NCc2ccc(-c3ccccc3)cc2)nc2cc(C(F)(F)F)ccc21. The smallest absolute Gasteiger partial charge is 0.352 e. The second-order valence-corrected chi connectivity index (χ2v) is 6.61. The molecule has 142 valence electrons. The fourth-order valence-corrected chi connectivity index (χ4v) is 3.16. The van der Waals surface area contributed by atoms with E-state index in [0.717, 1.165) is 28.8 Å². The molecule has 1 heterocycles. The number of alkyl halides is 3. The molecule has 0 saturated heterocycles. The molecule has 0 aliphatic rings. The van der Waals surface area contributed by atoms with E-state index in [9.17, 15) is 13.2 Å². The third kappa shape index (κ3) is 3.58. The molecule has 0 radical (unpaired) electrons. The van der Waals surface area contributed by atoms with E-state index in [-0.39, 0.29) is 0 Å². The molecule has 0 amide bonds. The van der Waals surface area contributed by atoms with Crippen molar-refractivity contribution < 1.29 is 13.2 Å². The zero-order valence-electron chi connectivity index (χ0n) is 15.2. The third-order valence-corrected chi connectivity index (χ3v) is 4.72. The highest BCUT2D eigenvalue weighted by Gasteiger charge is 2.31. The van der Waals surface area contributed by atoms with E-state index in [1.165, 1.54) is 6.07 Å². The predicted molar refractivity (Wildman–Crippen MR) is 105 cm³/mol. The summed E-state index contributed by atoms with van der Waals surface area (Å²) in [6, 6.07) is 21.9. The highest BCUT2D eigenvalue weighted by atomic mass is 19.4. The van der Waals surface area contributed by atoms with Crippen molar-refractivity contribution in [2.24, 2.45) is 7.05 Å². The Morgan fingerprint density at radius 1 is 0.893 bits per heavy atom. The van der Waals surface area contributed by atoms with Crippen molar-refractivity contribution >= 4 is 17.0 Å². The number of hydrogen-bond donors (Lipinski definition) is 1. The van der Waals surface area contributed by atoms with Crippen LogP contribution < -0.4 is 5.32 Å². The molecule has 0 spiro atoms. The molecule has 28 heavy (non-hydrogen) atoms. The van der Waals surface area contributed by atoms with Gasteiger partial charge >= 0.3 is 6.18 Å². The number of imidazole rings is 1. The number of anilines is 1. The van der Waals surface area contributed by atoms with Crippen LogP contribution in [0.4, 0.5) is 19.1 Å². The molecule has 0 aliphatic heterocycles. The predicted octanol–water partition coefficient (Wildman–Crippen LogP) is 5.87. The zero-order chi connectivity index (χ0) is 19.7.